The number of amides is 1. The molecular formula is C22H24N2O3. The van der Waals surface area contributed by atoms with E-state index in [0.29, 0.717) is 13.0 Å². The van der Waals surface area contributed by atoms with Gasteiger partial charge in [-0.3, -0.25) is 9.59 Å². The molecule has 0 radical (unpaired) electrons. The van der Waals surface area contributed by atoms with Crippen molar-refractivity contribution in [1.82, 2.24) is 10.3 Å². The molecule has 0 unspecified atom stereocenters. The van der Waals surface area contributed by atoms with Crippen LogP contribution >= 0.6 is 0 Å². The van der Waals surface area contributed by atoms with E-state index < -0.39 is 0 Å². The molecule has 140 valence electrons. The van der Waals surface area contributed by atoms with E-state index in [9.17, 15) is 9.59 Å². The molecule has 1 heterocycles. The van der Waals surface area contributed by atoms with Crippen LogP contribution in [0.25, 0.3) is 10.9 Å². The molecule has 3 rings (SSSR count). The lowest BCUT2D eigenvalue weighted by Gasteiger charge is -2.13. The molecule has 2 aromatic carbocycles. The largest absolute Gasteiger partial charge is 0.456 e. The number of H-pyrrole nitrogens is 1. The molecule has 0 aliphatic rings. The Kier molecular flexibility index (Phi) is 6.26. The van der Waals surface area contributed by atoms with Gasteiger partial charge in [-0.15, -0.1) is 0 Å². The number of fused-ring (bicyclic) bond motifs is 1. The van der Waals surface area contributed by atoms with Crippen LogP contribution in [0, 0.1) is 0 Å². The van der Waals surface area contributed by atoms with Gasteiger partial charge in [-0.2, -0.15) is 0 Å². The third kappa shape index (κ3) is 5.20. The number of aryl methyl sites for hydroxylation is 1. The minimum atomic E-state index is -0.369. The third-order valence-corrected chi connectivity index (χ3v) is 4.61. The minimum Gasteiger partial charge on any atom is -0.456 e. The number of para-hydroxylation sites is 1. The Morgan fingerprint density at radius 2 is 1.81 bits per heavy atom. The lowest BCUT2D eigenvalue weighted by molar-refractivity contribution is -0.148. The van der Waals surface area contributed by atoms with E-state index in [0.717, 1.165) is 22.0 Å². The van der Waals surface area contributed by atoms with Gasteiger partial charge in [0.1, 0.15) is 0 Å². The summed E-state index contributed by atoms with van der Waals surface area (Å²) in [7, 11) is 0. The number of hydrogen-bond donors (Lipinski definition) is 2. The molecule has 1 amide bonds. The number of esters is 1. The zero-order valence-corrected chi connectivity index (χ0v) is 15.4. The van der Waals surface area contributed by atoms with Gasteiger partial charge < -0.3 is 15.0 Å². The van der Waals surface area contributed by atoms with Crippen molar-refractivity contribution in [2.24, 2.45) is 0 Å². The summed E-state index contributed by atoms with van der Waals surface area (Å²) in [6.45, 7) is 2.31. The highest BCUT2D eigenvalue weighted by molar-refractivity contribution is 5.84. The van der Waals surface area contributed by atoms with Crippen LogP contribution in [0.2, 0.25) is 0 Å². The van der Waals surface area contributed by atoms with Crippen molar-refractivity contribution in [3.8, 4) is 0 Å². The van der Waals surface area contributed by atoms with Crippen LogP contribution < -0.4 is 5.32 Å². The maximum atomic E-state index is 11.9. The SMILES string of the molecule is C[C@H](CNC(=O)COC(=O)CCc1c[nH]c2ccccc12)c1ccccc1. The van der Waals surface area contributed by atoms with Crippen molar-refractivity contribution in [2.45, 2.75) is 25.7 Å². The van der Waals surface area contributed by atoms with Crippen molar-refractivity contribution in [2.75, 3.05) is 13.2 Å². The first kappa shape index (κ1) is 18.7. The van der Waals surface area contributed by atoms with Crippen LogP contribution in [0.1, 0.15) is 30.4 Å². The van der Waals surface area contributed by atoms with Gasteiger partial charge in [-0.1, -0.05) is 55.5 Å². The van der Waals surface area contributed by atoms with Gasteiger partial charge in [0, 0.05) is 30.1 Å². The van der Waals surface area contributed by atoms with Crippen LogP contribution in [-0.4, -0.2) is 30.0 Å². The summed E-state index contributed by atoms with van der Waals surface area (Å²) in [6, 6.07) is 17.9. The molecule has 5 heteroatoms. The Labute approximate surface area is 158 Å². The van der Waals surface area contributed by atoms with Gasteiger partial charge in [0.05, 0.1) is 0 Å². The maximum Gasteiger partial charge on any atom is 0.306 e. The van der Waals surface area contributed by atoms with Gasteiger partial charge in [0.15, 0.2) is 6.61 Å². The van der Waals surface area contributed by atoms with Crippen LogP contribution in [0.15, 0.2) is 60.8 Å². The normalized spacial score (nSPS) is 11.9. The molecule has 0 saturated carbocycles. The van der Waals surface area contributed by atoms with Crippen LogP contribution in [0.4, 0.5) is 0 Å². The predicted molar refractivity (Wildman–Crippen MR) is 105 cm³/mol. The number of carbonyl (C=O) groups is 2. The second-order valence-electron chi connectivity index (χ2n) is 6.64. The molecule has 0 fully saturated rings. The fourth-order valence-corrected chi connectivity index (χ4v) is 3.01. The minimum absolute atomic E-state index is 0.202. The zero-order chi connectivity index (χ0) is 19.1. The highest BCUT2D eigenvalue weighted by Gasteiger charge is 2.11. The van der Waals surface area contributed by atoms with Crippen molar-refractivity contribution in [1.29, 1.82) is 0 Å². The third-order valence-electron chi connectivity index (χ3n) is 4.61. The Morgan fingerprint density at radius 1 is 1.07 bits per heavy atom. The van der Waals surface area contributed by atoms with Gasteiger partial charge in [-0.05, 0) is 29.5 Å². The molecule has 27 heavy (non-hydrogen) atoms. The highest BCUT2D eigenvalue weighted by atomic mass is 16.5. The quantitative estimate of drug-likeness (QED) is 0.600. The first-order valence-corrected chi connectivity index (χ1v) is 9.15. The molecule has 0 aliphatic carbocycles. The van der Waals surface area contributed by atoms with Gasteiger partial charge >= 0.3 is 5.97 Å². The molecule has 0 aliphatic heterocycles. The lowest BCUT2D eigenvalue weighted by Crippen LogP contribution is -2.31. The van der Waals surface area contributed by atoms with Crippen molar-refractivity contribution < 1.29 is 14.3 Å². The number of benzene rings is 2. The number of hydrogen-bond acceptors (Lipinski definition) is 3. The Bertz CT molecular complexity index is 902. The summed E-state index contributed by atoms with van der Waals surface area (Å²) in [5.41, 5.74) is 3.28. The first-order valence-electron chi connectivity index (χ1n) is 9.15. The van der Waals surface area contributed by atoms with Crippen molar-refractivity contribution >= 4 is 22.8 Å². The van der Waals surface area contributed by atoms with Gasteiger partial charge in [0.2, 0.25) is 0 Å². The zero-order valence-electron chi connectivity index (χ0n) is 15.4. The second kappa shape index (κ2) is 9.03. The standard InChI is InChI=1S/C22H24N2O3/c1-16(17-7-3-2-4-8-17)13-24-21(25)15-27-22(26)12-11-18-14-23-20-10-6-5-9-19(18)20/h2-10,14,16,23H,11-13,15H2,1H3,(H,24,25)/t16-/m1/s1. The molecule has 3 aromatic rings. The summed E-state index contributed by atoms with van der Waals surface area (Å²) in [5.74, 6) is -0.447. The number of nitrogens with one attached hydrogen (secondary N) is 2. The van der Waals surface area contributed by atoms with E-state index in [1.54, 1.807) is 0 Å². The molecule has 1 atom stereocenters. The smallest absolute Gasteiger partial charge is 0.306 e. The number of ether oxygens (including phenoxy) is 1. The van der Waals surface area contributed by atoms with Gasteiger partial charge in [-0.25, -0.2) is 0 Å². The molecule has 0 saturated heterocycles. The number of rotatable bonds is 8. The fraction of sp³-hybridized carbons (Fsp3) is 0.273. The maximum absolute atomic E-state index is 11.9. The van der Waals surface area contributed by atoms with E-state index in [2.05, 4.69) is 10.3 Å². The first-order chi connectivity index (χ1) is 13.1. The van der Waals surface area contributed by atoms with E-state index in [-0.39, 0.29) is 30.8 Å². The second-order valence-corrected chi connectivity index (χ2v) is 6.64. The average molecular weight is 364 g/mol. The van der Waals surface area contributed by atoms with E-state index in [1.165, 1.54) is 0 Å². The topological polar surface area (TPSA) is 71.2 Å². The lowest BCUT2D eigenvalue weighted by atomic mass is 10.0. The summed E-state index contributed by atoms with van der Waals surface area (Å²) in [4.78, 5) is 27.0. The monoisotopic (exact) mass is 364 g/mol. The Hall–Kier alpha value is -3.08. The molecule has 0 bridgehead atoms. The van der Waals surface area contributed by atoms with Crippen LogP contribution in [0.5, 0.6) is 0 Å². The molecule has 2 N–H and O–H groups in total. The van der Waals surface area contributed by atoms with Crippen LogP contribution in [0.3, 0.4) is 0 Å². The van der Waals surface area contributed by atoms with E-state index in [1.807, 2.05) is 67.7 Å². The Balaban J connectivity index is 1.38. The summed E-state index contributed by atoms with van der Waals surface area (Å²) in [5, 5.41) is 3.92. The Morgan fingerprint density at radius 3 is 2.63 bits per heavy atom. The number of carbonyl (C=O) groups excluding carboxylic acids is 2. The summed E-state index contributed by atoms with van der Waals surface area (Å²) < 4.78 is 5.09. The van der Waals surface area contributed by atoms with E-state index >= 15 is 0 Å². The molecule has 1 aromatic heterocycles. The average Bonchev–Trinajstić information content (AvgIpc) is 3.12. The van der Waals surface area contributed by atoms with E-state index in [4.69, 9.17) is 4.74 Å². The predicted octanol–water partition coefficient (Wildman–Crippen LogP) is 3.56. The molecule has 0 spiro atoms. The number of aromatic nitrogens is 1. The van der Waals surface area contributed by atoms with Crippen LogP contribution in [-0.2, 0) is 20.7 Å². The molecular weight excluding hydrogens is 340 g/mol. The van der Waals surface area contributed by atoms with Gasteiger partial charge in [0.25, 0.3) is 5.91 Å². The van der Waals surface area contributed by atoms with Crippen molar-refractivity contribution in [3.05, 3.63) is 71.9 Å². The fourth-order valence-electron chi connectivity index (χ4n) is 3.01. The van der Waals surface area contributed by atoms with Crippen molar-refractivity contribution in [3.63, 3.8) is 0 Å². The number of aromatic amines is 1. The molecule has 5 nitrogen and oxygen atoms in total. The summed E-state index contributed by atoms with van der Waals surface area (Å²) >= 11 is 0. The summed E-state index contributed by atoms with van der Waals surface area (Å²) in [6.07, 6.45) is 2.74. The highest BCUT2D eigenvalue weighted by Crippen LogP contribution is 2.19.